The Labute approximate surface area is 120 Å². The fourth-order valence-corrected chi connectivity index (χ4v) is 2.91. The van der Waals surface area contributed by atoms with Gasteiger partial charge in [0.15, 0.2) is 0 Å². The Balaban J connectivity index is 1.92. The third-order valence-electron chi connectivity index (χ3n) is 4.18. The molecule has 1 saturated carbocycles. The van der Waals surface area contributed by atoms with Gasteiger partial charge in [0, 0.05) is 26.2 Å². The molecule has 112 valence electrons. The van der Waals surface area contributed by atoms with E-state index in [1.165, 1.54) is 32.1 Å². The summed E-state index contributed by atoms with van der Waals surface area (Å²) in [4.78, 5) is 18.3. The molecule has 0 saturated heterocycles. The second-order valence-corrected chi connectivity index (χ2v) is 5.74. The van der Waals surface area contributed by atoms with Gasteiger partial charge in [-0.2, -0.15) is 0 Å². The van der Waals surface area contributed by atoms with Gasteiger partial charge in [0.25, 0.3) is 0 Å². The lowest BCUT2D eigenvalue weighted by Gasteiger charge is -2.26. The van der Waals surface area contributed by atoms with Gasteiger partial charge >= 0.3 is 0 Å². The summed E-state index contributed by atoms with van der Waals surface area (Å²) in [7, 11) is 1.92. The molecular weight excluding hydrogens is 254 g/mol. The summed E-state index contributed by atoms with van der Waals surface area (Å²) in [5, 5.41) is 9.17. The van der Waals surface area contributed by atoms with Crippen molar-refractivity contribution in [2.24, 2.45) is 13.0 Å². The van der Waals surface area contributed by atoms with Gasteiger partial charge < -0.3 is 14.6 Å². The minimum Gasteiger partial charge on any atom is -0.395 e. The highest BCUT2D eigenvalue weighted by atomic mass is 16.3. The number of hydrogen-bond donors (Lipinski definition) is 1. The van der Waals surface area contributed by atoms with Crippen LogP contribution < -0.4 is 0 Å². The quantitative estimate of drug-likeness (QED) is 0.862. The van der Waals surface area contributed by atoms with E-state index < -0.39 is 0 Å². The Morgan fingerprint density at radius 2 is 2.20 bits per heavy atom. The van der Waals surface area contributed by atoms with Crippen LogP contribution in [0.25, 0.3) is 0 Å². The van der Waals surface area contributed by atoms with Gasteiger partial charge in [0.05, 0.1) is 25.2 Å². The number of nitrogens with zero attached hydrogens (tertiary/aromatic N) is 3. The van der Waals surface area contributed by atoms with Crippen LogP contribution in [-0.2, 0) is 18.4 Å². The zero-order valence-electron chi connectivity index (χ0n) is 12.3. The summed E-state index contributed by atoms with van der Waals surface area (Å²) in [5.41, 5.74) is 0.996. The summed E-state index contributed by atoms with van der Waals surface area (Å²) in [6.07, 6.45) is 10.3. The van der Waals surface area contributed by atoms with Crippen molar-refractivity contribution >= 4 is 5.91 Å². The second-order valence-electron chi connectivity index (χ2n) is 5.74. The maximum Gasteiger partial charge on any atom is 0.223 e. The predicted octanol–water partition coefficient (Wildman–Crippen LogP) is 1.71. The number of aliphatic hydroxyl groups is 1. The SMILES string of the molecule is Cn1cncc1CN(CCO)C(=O)CC1CCCCC1. The number of carbonyl (C=O) groups excluding carboxylic acids is 1. The minimum atomic E-state index is 0.00819. The molecular formula is C15H25N3O2. The van der Waals surface area contributed by atoms with Crippen LogP contribution in [0.15, 0.2) is 12.5 Å². The molecule has 0 bridgehead atoms. The third-order valence-corrected chi connectivity index (χ3v) is 4.18. The van der Waals surface area contributed by atoms with Crippen molar-refractivity contribution < 1.29 is 9.90 Å². The fraction of sp³-hybridized carbons (Fsp3) is 0.733. The highest BCUT2D eigenvalue weighted by molar-refractivity contribution is 5.76. The van der Waals surface area contributed by atoms with E-state index >= 15 is 0 Å². The topological polar surface area (TPSA) is 58.4 Å². The smallest absolute Gasteiger partial charge is 0.223 e. The molecule has 1 aromatic rings. The summed E-state index contributed by atoms with van der Waals surface area (Å²) in [6, 6.07) is 0. The van der Waals surface area contributed by atoms with E-state index in [1.54, 1.807) is 17.4 Å². The fourth-order valence-electron chi connectivity index (χ4n) is 2.91. The highest BCUT2D eigenvalue weighted by Gasteiger charge is 2.21. The summed E-state index contributed by atoms with van der Waals surface area (Å²) < 4.78 is 1.91. The molecule has 2 rings (SSSR count). The molecule has 1 heterocycles. The Morgan fingerprint density at radius 3 is 2.80 bits per heavy atom. The van der Waals surface area contributed by atoms with Crippen molar-refractivity contribution in [3.05, 3.63) is 18.2 Å². The van der Waals surface area contributed by atoms with E-state index in [4.69, 9.17) is 0 Å². The van der Waals surface area contributed by atoms with Crippen molar-refractivity contribution in [3.63, 3.8) is 0 Å². The maximum atomic E-state index is 12.4. The van der Waals surface area contributed by atoms with E-state index in [-0.39, 0.29) is 12.5 Å². The molecule has 0 spiro atoms. The lowest BCUT2D eigenvalue weighted by molar-refractivity contribution is -0.133. The standard InChI is InChI=1S/C15H25N3O2/c1-17-12-16-10-14(17)11-18(7-8-19)15(20)9-13-5-3-2-4-6-13/h10,12-13,19H,2-9,11H2,1H3. The van der Waals surface area contributed by atoms with Crippen molar-refractivity contribution in [1.29, 1.82) is 0 Å². The molecule has 0 aromatic carbocycles. The number of carbonyl (C=O) groups is 1. The maximum absolute atomic E-state index is 12.4. The van der Waals surface area contributed by atoms with Crippen LogP contribution in [0, 0.1) is 5.92 Å². The van der Waals surface area contributed by atoms with E-state index in [0.717, 1.165) is 5.69 Å². The molecule has 0 unspecified atom stereocenters. The molecule has 1 amide bonds. The van der Waals surface area contributed by atoms with Gasteiger partial charge in [-0.1, -0.05) is 19.3 Å². The number of aliphatic hydroxyl groups excluding tert-OH is 1. The monoisotopic (exact) mass is 279 g/mol. The number of imidazole rings is 1. The zero-order valence-corrected chi connectivity index (χ0v) is 12.3. The van der Waals surface area contributed by atoms with Crippen molar-refractivity contribution in [1.82, 2.24) is 14.5 Å². The number of aryl methyl sites for hydroxylation is 1. The average Bonchev–Trinajstić information content (AvgIpc) is 2.85. The molecule has 1 aliphatic carbocycles. The molecule has 1 fully saturated rings. The first-order chi connectivity index (χ1) is 9.70. The van der Waals surface area contributed by atoms with Gasteiger partial charge in [0.2, 0.25) is 5.91 Å². The Kier molecular flexibility index (Phi) is 5.59. The van der Waals surface area contributed by atoms with Gasteiger partial charge in [0.1, 0.15) is 0 Å². The Morgan fingerprint density at radius 1 is 1.45 bits per heavy atom. The van der Waals surface area contributed by atoms with Crippen LogP contribution >= 0.6 is 0 Å². The Hall–Kier alpha value is -1.36. The molecule has 0 radical (unpaired) electrons. The predicted molar refractivity (Wildman–Crippen MR) is 76.9 cm³/mol. The van der Waals surface area contributed by atoms with Crippen molar-refractivity contribution in [2.75, 3.05) is 13.2 Å². The molecule has 1 N–H and O–H groups in total. The first-order valence-electron chi connectivity index (χ1n) is 7.54. The van der Waals surface area contributed by atoms with E-state index in [1.807, 2.05) is 11.6 Å². The second kappa shape index (κ2) is 7.43. The van der Waals surface area contributed by atoms with Gasteiger partial charge in [-0.3, -0.25) is 4.79 Å². The Bertz CT molecular complexity index is 425. The molecule has 1 aliphatic rings. The molecule has 20 heavy (non-hydrogen) atoms. The van der Waals surface area contributed by atoms with Crippen LogP contribution in [0.4, 0.5) is 0 Å². The number of aromatic nitrogens is 2. The molecule has 5 nitrogen and oxygen atoms in total. The van der Waals surface area contributed by atoms with Crippen LogP contribution in [-0.4, -0.2) is 38.6 Å². The van der Waals surface area contributed by atoms with Crippen LogP contribution in [0.3, 0.4) is 0 Å². The minimum absolute atomic E-state index is 0.00819. The van der Waals surface area contributed by atoms with Crippen LogP contribution in [0.1, 0.15) is 44.2 Å². The molecule has 5 heteroatoms. The van der Waals surface area contributed by atoms with Crippen molar-refractivity contribution in [3.8, 4) is 0 Å². The normalized spacial score (nSPS) is 16.3. The zero-order chi connectivity index (χ0) is 14.4. The first kappa shape index (κ1) is 15.0. The number of hydrogen-bond acceptors (Lipinski definition) is 3. The lowest BCUT2D eigenvalue weighted by Crippen LogP contribution is -2.35. The largest absolute Gasteiger partial charge is 0.395 e. The highest BCUT2D eigenvalue weighted by Crippen LogP contribution is 2.27. The van der Waals surface area contributed by atoms with Crippen molar-refractivity contribution in [2.45, 2.75) is 45.1 Å². The van der Waals surface area contributed by atoms with Crippen LogP contribution in [0.2, 0.25) is 0 Å². The first-order valence-corrected chi connectivity index (χ1v) is 7.54. The number of amides is 1. The van der Waals surface area contributed by atoms with Gasteiger partial charge in [-0.15, -0.1) is 0 Å². The lowest BCUT2D eigenvalue weighted by atomic mass is 9.86. The van der Waals surface area contributed by atoms with Gasteiger partial charge in [-0.05, 0) is 18.8 Å². The van der Waals surface area contributed by atoms with Gasteiger partial charge in [-0.25, -0.2) is 4.98 Å². The van der Waals surface area contributed by atoms with E-state index in [0.29, 0.717) is 25.4 Å². The van der Waals surface area contributed by atoms with Crippen LogP contribution in [0.5, 0.6) is 0 Å². The number of rotatable bonds is 6. The third kappa shape index (κ3) is 4.07. The molecule has 0 aliphatic heterocycles. The summed E-state index contributed by atoms with van der Waals surface area (Å²) >= 11 is 0. The average molecular weight is 279 g/mol. The summed E-state index contributed by atoms with van der Waals surface area (Å²) in [5.74, 6) is 0.691. The van der Waals surface area contributed by atoms with E-state index in [2.05, 4.69) is 4.98 Å². The molecule has 0 atom stereocenters. The van der Waals surface area contributed by atoms with E-state index in [9.17, 15) is 9.90 Å². The summed E-state index contributed by atoms with van der Waals surface area (Å²) in [6.45, 7) is 0.938. The molecule has 1 aromatic heterocycles.